The zero-order valence-corrected chi connectivity index (χ0v) is 32.7. The Morgan fingerprint density at radius 1 is 1.02 bits per heavy atom. The van der Waals surface area contributed by atoms with Crippen molar-refractivity contribution in [3.05, 3.63) is 58.0 Å². The molecule has 4 aliphatic rings. The molecule has 0 bridgehead atoms. The van der Waals surface area contributed by atoms with Gasteiger partial charge in [0.2, 0.25) is 27.8 Å². The molecule has 17 heteroatoms. The van der Waals surface area contributed by atoms with Crippen molar-refractivity contribution in [1.29, 1.82) is 0 Å². The van der Waals surface area contributed by atoms with Crippen LogP contribution in [0, 0.1) is 0 Å². The Bertz CT molecular complexity index is 2100. The van der Waals surface area contributed by atoms with Crippen LogP contribution in [-0.2, 0) is 25.0 Å². The fourth-order valence-corrected chi connectivity index (χ4v) is 10.2. The molecule has 14 nitrogen and oxygen atoms in total. The number of amides is 2. The predicted octanol–water partition coefficient (Wildman–Crippen LogP) is 4.04. The van der Waals surface area contributed by atoms with E-state index < -0.39 is 44.6 Å². The molecule has 4 fully saturated rings. The monoisotopic (exact) mass is 799 g/mol. The standard InChI is InChI=1S/C39H51F2N7O7S/c1-38(16-10-32(49)44-36(38)51)26-6-8-28(9-7-26)55-29-13-18-46(19-14-29)17-4-22-56(53,54)47-20-11-27(12-21-47)43-37-42-24-25-23-30(33(40)41)35(50)48(34(25)45-37)31-5-3-15-39(31,2)52/h6-9,23-24,27,29,31,33,52H,3-5,10-22H2,1-2H3,(H,42,43,45)(H,44,49,51)/t31-,38?,39-/m1/s1. The van der Waals surface area contributed by atoms with Gasteiger partial charge in [-0.2, -0.15) is 4.98 Å². The Balaban J connectivity index is 0.864. The van der Waals surface area contributed by atoms with Crippen LogP contribution in [0.5, 0.6) is 5.75 Å². The highest BCUT2D eigenvalue weighted by Gasteiger charge is 2.41. The van der Waals surface area contributed by atoms with Gasteiger partial charge in [0.05, 0.1) is 28.4 Å². The number of piperidine rings is 3. The van der Waals surface area contributed by atoms with Crippen LogP contribution in [0.2, 0.25) is 0 Å². The van der Waals surface area contributed by atoms with Crippen LogP contribution in [0.15, 0.2) is 41.3 Å². The van der Waals surface area contributed by atoms with E-state index in [0.717, 1.165) is 43.3 Å². The Labute approximate surface area is 325 Å². The number of halogens is 2. The van der Waals surface area contributed by atoms with Crippen LogP contribution in [-0.4, -0.2) is 105 Å². The number of rotatable bonds is 12. The molecular weight excluding hydrogens is 749 g/mol. The van der Waals surface area contributed by atoms with Crippen molar-refractivity contribution in [2.24, 2.45) is 0 Å². The van der Waals surface area contributed by atoms with Gasteiger partial charge < -0.3 is 20.1 Å². The minimum absolute atomic E-state index is 0.0360. The number of imide groups is 1. The first-order valence-corrected chi connectivity index (χ1v) is 21.2. The minimum atomic E-state index is -3.47. The summed E-state index contributed by atoms with van der Waals surface area (Å²) in [6, 6.07) is 7.79. The summed E-state index contributed by atoms with van der Waals surface area (Å²) in [6.45, 7) is 6.38. The van der Waals surface area contributed by atoms with Gasteiger partial charge >= 0.3 is 0 Å². The smallest absolute Gasteiger partial charge is 0.269 e. The van der Waals surface area contributed by atoms with Crippen molar-refractivity contribution < 1.29 is 36.6 Å². The van der Waals surface area contributed by atoms with Crippen LogP contribution >= 0.6 is 0 Å². The van der Waals surface area contributed by atoms with E-state index in [9.17, 15) is 36.7 Å². The van der Waals surface area contributed by atoms with E-state index in [0.29, 0.717) is 71.0 Å². The molecule has 304 valence electrons. The number of likely N-dealkylation sites (tertiary alicyclic amines) is 1. The molecule has 3 aromatic rings. The van der Waals surface area contributed by atoms with Gasteiger partial charge in [-0.3, -0.25) is 24.3 Å². The Hall–Kier alpha value is -4.06. The molecule has 7 rings (SSSR count). The summed E-state index contributed by atoms with van der Waals surface area (Å²) in [5, 5.41) is 17.0. The number of anilines is 1. The number of fused-ring (bicyclic) bond motifs is 1. The normalized spacial score (nSPS) is 26.2. The third-order valence-electron chi connectivity index (χ3n) is 12.2. The number of hydrogen-bond acceptors (Lipinski definition) is 11. The Morgan fingerprint density at radius 3 is 2.38 bits per heavy atom. The average Bonchev–Trinajstić information content (AvgIpc) is 3.52. The van der Waals surface area contributed by atoms with Crippen molar-refractivity contribution in [2.45, 2.75) is 114 Å². The molecular formula is C39H51F2N7O7S. The van der Waals surface area contributed by atoms with Crippen molar-refractivity contribution in [3.63, 3.8) is 0 Å². The fourth-order valence-electron chi connectivity index (χ4n) is 8.68. The molecule has 2 aromatic heterocycles. The molecule has 1 aromatic carbocycles. The van der Waals surface area contributed by atoms with Crippen molar-refractivity contribution >= 4 is 38.8 Å². The van der Waals surface area contributed by atoms with Gasteiger partial charge in [-0.15, -0.1) is 0 Å². The van der Waals surface area contributed by atoms with Crippen molar-refractivity contribution in [3.8, 4) is 5.75 Å². The third-order valence-corrected chi connectivity index (χ3v) is 14.2. The number of hydrogen-bond donors (Lipinski definition) is 3. The second kappa shape index (κ2) is 16.1. The first kappa shape index (κ1) is 40.1. The number of nitrogens with zero attached hydrogens (tertiary/aromatic N) is 5. The number of ether oxygens (including phenoxy) is 1. The number of benzene rings is 1. The lowest BCUT2D eigenvalue weighted by Gasteiger charge is -2.34. The number of carbonyl (C=O) groups is 2. The van der Waals surface area contributed by atoms with Crippen LogP contribution in [0.4, 0.5) is 14.7 Å². The lowest BCUT2D eigenvalue weighted by molar-refractivity contribution is -0.137. The number of aliphatic hydroxyl groups is 1. The second-order valence-corrected chi connectivity index (χ2v) is 18.3. The minimum Gasteiger partial charge on any atom is -0.490 e. The fraction of sp³-hybridized carbons (Fsp3) is 0.615. The summed E-state index contributed by atoms with van der Waals surface area (Å²) in [6.07, 6.45) is 3.93. The molecule has 5 heterocycles. The average molecular weight is 800 g/mol. The molecule has 3 N–H and O–H groups in total. The van der Waals surface area contributed by atoms with Gasteiger partial charge in [-0.25, -0.2) is 26.5 Å². The lowest BCUT2D eigenvalue weighted by Crippen LogP contribution is -2.49. The predicted molar refractivity (Wildman–Crippen MR) is 205 cm³/mol. The molecule has 3 aliphatic heterocycles. The largest absolute Gasteiger partial charge is 0.490 e. The van der Waals surface area contributed by atoms with Crippen molar-refractivity contribution in [1.82, 2.24) is 29.1 Å². The zero-order valence-electron chi connectivity index (χ0n) is 31.9. The Morgan fingerprint density at radius 2 is 1.73 bits per heavy atom. The molecule has 2 amide bonds. The molecule has 1 saturated carbocycles. The quantitative estimate of drug-likeness (QED) is 0.226. The second-order valence-electron chi connectivity index (χ2n) is 16.2. The van der Waals surface area contributed by atoms with E-state index in [-0.39, 0.29) is 46.7 Å². The number of pyridine rings is 1. The summed E-state index contributed by atoms with van der Waals surface area (Å²) in [5.74, 6) is 0.465. The van der Waals surface area contributed by atoms with E-state index in [2.05, 4.69) is 25.5 Å². The van der Waals surface area contributed by atoms with E-state index in [1.807, 2.05) is 31.2 Å². The molecule has 3 saturated heterocycles. The van der Waals surface area contributed by atoms with Gasteiger partial charge in [0.15, 0.2) is 0 Å². The van der Waals surface area contributed by atoms with Gasteiger partial charge in [-0.05, 0) is 102 Å². The van der Waals surface area contributed by atoms with Gasteiger partial charge in [0.1, 0.15) is 17.5 Å². The number of alkyl halides is 2. The number of aromatic nitrogens is 3. The van der Waals surface area contributed by atoms with E-state index in [1.54, 1.807) is 6.92 Å². The Kier molecular flexibility index (Phi) is 11.5. The van der Waals surface area contributed by atoms with Crippen molar-refractivity contribution in [2.75, 3.05) is 43.8 Å². The molecule has 0 spiro atoms. The number of carbonyl (C=O) groups excluding carboxylic acids is 2. The third kappa shape index (κ3) is 8.46. The van der Waals surface area contributed by atoms with Crippen LogP contribution in [0.1, 0.15) is 102 Å². The molecule has 3 atom stereocenters. The van der Waals surface area contributed by atoms with Gasteiger partial charge in [0.25, 0.3) is 12.0 Å². The maximum atomic E-state index is 13.8. The van der Waals surface area contributed by atoms with Gasteiger partial charge in [-0.1, -0.05) is 12.1 Å². The van der Waals surface area contributed by atoms with Crippen LogP contribution in [0.3, 0.4) is 0 Å². The maximum Gasteiger partial charge on any atom is 0.269 e. The molecule has 1 unspecified atom stereocenters. The van der Waals surface area contributed by atoms with E-state index in [4.69, 9.17) is 4.74 Å². The highest BCUT2D eigenvalue weighted by atomic mass is 32.2. The summed E-state index contributed by atoms with van der Waals surface area (Å²) in [5.41, 5.74) is -2.51. The topological polar surface area (TPSA) is 176 Å². The first-order valence-electron chi connectivity index (χ1n) is 19.6. The summed E-state index contributed by atoms with van der Waals surface area (Å²) < 4.78 is 63.2. The molecule has 0 radical (unpaired) electrons. The SMILES string of the molecule is CC1(c2ccc(OC3CCN(CCCS(=O)(=O)N4CCC(Nc5ncc6cc(C(F)F)c(=O)n([C@@H]7CCC[C@@]7(C)O)c6n5)CC4)CC3)cc2)CCC(=O)NC1=O. The van der Waals surface area contributed by atoms with Crippen LogP contribution in [0.25, 0.3) is 11.0 Å². The van der Waals surface area contributed by atoms with E-state index in [1.165, 1.54) is 15.1 Å². The summed E-state index contributed by atoms with van der Waals surface area (Å²) in [7, 11) is -3.47. The zero-order chi connectivity index (χ0) is 39.8. The van der Waals surface area contributed by atoms with Gasteiger partial charge in [0, 0.05) is 50.2 Å². The highest BCUT2D eigenvalue weighted by molar-refractivity contribution is 7.89. The number of sulfonamides is 1. The highest BCUT2D eigenvalue weighted by Crippen LogP contribution is 2.40. The maximum absolute atomic E-state index is 13.8. The first-order chi connectivity index (χ1) is 26.6. The summed E-state index contributed by atoms with van der Waals surface area (Å²) >= 11 is 0. The summed E-state index contributed by atoms with van der Waals surface area (Å²) in [4.78, 5) is 48.5. The van der Waals surface area contributed by atoms with E-state index >= 15 is 0 Å². The number of nitrogens with one attached hydrogen (secondary N) is 2. The molecule has 1 aliphatic carbocycles. The lowest BCUT2D eigenvalue weighted by atomic mass is 9.75. The molecule has 56 heavy (non-hydrogen) atoms. The van der Waals surface area contributed by atoms with Crippen LogP contribution < -0.4 is 20.9 Å².